The van der Waals surface area contributed by atoms with Crippen molar-refractivity contribution in [1.29, 1.82) is 0 Å². The van der Waals surface area contributed by atoms with Gasteiger partial charge in [-0.3, -0.25) is 0 Å². The summed E-state index contributed by atoms with van der Waals surface area (Å²) in [5, 5.41) is 8.21. The zero-order chi connectivity index (χ0) is 35.8. The van der Waals surface area contributed by atoms with Gasteiger partial charge in [0.25, 0.3) is 0 Å². The molecule has 2 aliphatic heterocycles. The molecule has 0 amide bonds. The summed E-state index contributed by atoms with van der Waals surface area (Å²) in [7, 11) is -2.19. The molecule has 0 saturated carbocycles. The van der Waals surface area contributed by atoms with Gasteiger partial charge in [-0.1, -0.05) is 159 Å². The average Bonchev–Trinajstić information content (AvgIpc) is 3.75. The first-order valence-electron chi connectivity index (χ1n) is 19.0. The number of rotatable bonds is 2. The third kappa shape index (κ3) is 3.65. The van der Waals surface area contributed by atoms with Gasteiger partial charge in [0.2, 0.25) is 0 Å². The Morgan fingerprint density at radius 2 is 0.963 bits per heavy atom. The topological polar surface area (TPSA) is 9.86 Å². The lowest BCUT2D eigenvalue weighted by atomic mass is 9.62. The van der Waals surface area contributed by atoms with Crippen LogP contribution in [0, 0.1) is 0 Å². The smallest absolute Gasteiger partial charge is 0.113 e. The first-order valence-corrected chi connectivity index (χ1v) is 22.0. The van der Waals surface area contributed by atoms with Crippen LogP contribution >= 0.6 is 0 Å². The monoisotopic (exact) mass is 704 g/mol. The zero-order valence-electron chi connectivity index (χ0n) is 30.2. The van der Waals surface area contributed by atoms with Crippen molar-refractivity contribution in [3.8, 4) is 22.5 Å². The Labute approximate surface area is 315 Å². The van der Waals surface area contributed by atoms with E-state index in [2.05, 4.69) is 204 Å². The Kier molecular flexibility index (Phi) is 5.90. The van der Waals surface area contributed by atoms with Crippen LogP contribution in [0.3, 0.4) is 0 Å². The molecule has 1 unspecified atom stereocenters. The molecular formula is C51H36N2Si. The minimum atomic E-state index is -2.19. The van der Waals surface area contributed by atoms with E-state index in [1.165, 1.54) is 98.7 Å². The molecule has 0 fully saturated rings. The van der Waals surface area contributed by atoms with Gasteiger partial charge in [0.1, 0.15) is 8.07 Å². The summed E-state index contributed by atoms with van der Waals surface area (Å²) in [5.41, 5.74) is 15.1. The van der Waals surface area contributed by atoms with E-state index in [0.29, 0.717) is 0 Å². The number of para-hydroxylation sites is 5. The Hall–Kier alpha value is -6.42. The molecule has 0 bridgehead atoms. The van der Waals surface area contributed by atoms with Crippen LogP contribution in [-0.4, -0.2) is 17.2 Å². The van der Waals surface area contributed by atoms with E-state index in [-0.39, 0.29) is 0 Å². The predicted molar refractivity (Wildman–Crippen MR) is 229 cm³/mol. The molecule has 54 heavy (non-hydrogen) atoms. The molecule has 0 radical (unpaired) electrons. The second kappa shape index (κ2) is 10.6. The number of nitrogens with zero attached hydrogens (tertiary/aromatic N) is 2. The molecule has 4 heterocycles. The van der Waals surface area contributed by atoms with E-state index in [4.69, 9.17) is 0 Å². The molecule has 0 saturated heterocycles. The highest BCUT2D eigenvalue weighted by atomic mass is 28.3. The van der Waals surface area contributed by atoms with Crippen molar-refractivity contribution in [2.75, 3.05) is 0 Å². The maximum absolute atomic E-state index is 2.57. The van der Waals surface area contributed by atoms with Gasteiger partial charge < -0.3 is 9.13 Å². The van der Waals surface area contributed by atoms with E-state index >= 15 is 0 Å². The van der Waals surface area contributed by atoms with Crippen molar-refractivity contribution in [2.45, 2.75) is 18.5 Å². The summed E-state index contributed by atoms with van der Waals surface area (Å²) in [5.74, 6) is 0. The Morgan fingerprint density at radius 3 is 1.80 bits per heavy atom. The minimum absolute atomic E-state index is 0.461. The standard InChI is InChI=1S/C51H36N2Si/c1-54(2)48-26-13-9-21-41(48)51(40-20-8-12-25-46(40)53-45-24-11-7-18-37(45)39-19-14-22-43(51)50(39)53)42-30-28-34(32-49(42)54)33-27-29-38-36-17-6-10-23-44(36)52(47(38)31-33)35-15-4-3-5-16-35/h3-32H,1-2H3. The van der Waals surface area contributed by atoms with Gasteiger partial charge >= 0.3 is 0 Å². The highest BCUT2D eigenvalue weighted by molar-refractivity contribution is 7.01. The van der Waals surface area contributed by atoms with E-state index in [0.717, 1.165) is 0 Å². The Balaban J connectivity index is 1.17. The molecule has 2 nitrogen and oxygen atoms in total. The zero-order valence-corrected chi connectivity index (χ0v) is 31.2. The van der Waals surface area contributed by atoms with Gasteiger partial charge in [-0.25, -0.2) is 0 Å². The molecule has 10 aromatic rings. The van der Waals surface area contributed by atoms with Crippen LogP contribution in [0.25, 0.3) is 66.1 Å². The van der Waals surface area contributed by atoms with Gasteiger partial charge in [-0.05, 0) is 80.2 Å². The van der Waals surface area contributed by atoms with Crippen LogP contribution in [0.15, 0.2) is 182 Å². The van der Waals surface area contributed by atoms with E-state index in [1.807, 2.05) is 0 Å². The second-order valence-corrected chi connectivity index (χ2v) is 20.0. The summed E-state index contributed by atoms with van der Waals surface area (Å²) < 4.78 is 4.96. The maximum Gasteiger partial charge on any atom is 0.113 e. The van der Waals surface area contributed by atoms with Crippen LogP contribution in [0.5, 0.6) is 0 Å². The third-order valence-electron chi connectivity index (χ3n) is 12.8. The number of hydrogen-bond acceptors (Lipinski definition) is 0. The lowest BCUT2D eigenvalue weighted by molar-refractivity contribution is 0.732. The van der Waals surface area contributed by atoms with Gasteiger partial charge in [0, 0.05) is 27.2 Å². The SMILES string of the molecule is C[Si]1(C)c2ccccc2C2(c3ccccc3-n3c4ccccc4c4cccc2c43)c2ccc(-c3ccc4c5ccccc5n(-c5ccccc5)c4c3)cc21. The predicted octanol–water partition coefficient (Wildman–Crippen LogP) is 11.4. The number of hydrogen-bond donors (Lipinski definition) is 0. The van der Waals surface area contributed by atoms with Gasteiger partial charge in [-0.15, -0.1) is 0 Å². The molecule has 12 rings (SSSR count). The van der Waals surface area contributed by atoms with Crippen LogP contribution in [-0.2, 0) is 5.41 Å². The van der Waals surface area contributed by atoms with Crippen LogP contribution < -0.4 is 10.4 Å². The number of aromatic nitrogens is 2. The van der Waals surface area contributed by atoms with E-state index in [9.17, 15) is 0 Å². The first-order chi connectivity index (χ1) is 26.6. The fourth-order valence-electron chi connectivity index (χ4n) is 10.5. The molecular weight excluding hydrogens is 669 g/mol. The molecule has 2 aliphatic rings. The highest BCUT2D eigenvalue weighted by Gasteiger charge is 2.53. The third-order valence-corrected chi connectivity index (χ3v) is 16.3. The summed E-state index contributed by atoms with van der Waals surface area (Å²) in [4.78, 5) is 0. The molecule has 1 atom stereocenters. The molecule has 2 aromatic heterocycles. The highest BCUT2D eigenvalue weighted by Crippen LogP contribution is 2.55. The number of benzene rings is 8. The maximum atomic E-state index is 2.57. The molecule has 8 aromatic carbocycles. The van der Waals surface area contributed by atoms with Crippen molar-refractivity contribution in [3.63, 3.8) is 0 Å². The normalized spacial score (nSPS) is 16.6. The summed E-state index contributed by atoms with van der Waals surface area (Å²) in [6.07, 6.45) is 0. The van der Waals surface area contributed by atoms with Crippen molar-refractivity contribution in [1.82, 2.24) is 9.13 Å². The Morgan fingerprint density at radius 1 is 0.389 bits per heavy atom. The lowest BCUT2D eigenvalue weighted by Gasteiger charge is -2.49. The van der Waals surface area contributed by atoms with Crippen molar-refractivity contribution < 1.29 is 0 Å². The summed E-state index contributed by atoms with van der Waals surface area (Å²) in [6, 6.07) is 68.7. The van der Waals surface area contributed by atoms with Crippen LogP contribution in [0.4, 0.5) is 0 Å². The molecule has 254 valence electrons. The lowest BCUT2D eigenvalue weighted by Crippen LogP contribution is -2.63. The largest absolute Gasteiger partial charge is 0.309 e. The molecule has 0 aliphatic carbocycles. The fourth-order valence-corrected chi connectivity index (χ4v) is 13.7. The second-order valence-electron chi connectivity index (χ2n) is 15.7. The van der Waals surface area contributed by atoms with Crippen molar-refractivity contribution in [2.24, 2.45) is 0 Å². The average molecular weight is 705 g/mol. The van der Waals surface area contributed by atoms with E-state index < -0.39 is 13.5 Å². The van der Waals surface area contributed by atoms with Crippen LogP contribution in [0.2, 0.25) is 13.1 Å². The number of fused-ring (bicyclic) bond motifs is 14. The first kappa shape index (κ1) is 30.1. The summed E-state index contributed by atoms with van der Waals surface area (Å²) >= 11 is 0. The molecule has 1 spiro atoms. The molecule has 3 heteroatoms. The van der Waals surface area contributed by atoms with Crippen molar-refractivity contribution in [3.05, 3.63) is 204 Å². The van der Waals surface area contributed by atoms with Gasteiger partial charge in [-0.2, -0.15) is 0 Å². The molecule has 0 N–H and O–H groups in total. The quantitative estimate of drug-likeness (QED) is 0.159. The van der Waals surface area contributed by atoms with Gasteiger partial charge in [0.05, 0.1) is 33.2 Å². The van der Waals surface area contributed by atoms with E-state index in [1.54, 1.807) is 0 Å². The summed E-state index contributed by atoms with van der Waals surface area (Å²) in [6.45, 7) is 5.12. The van der Waals surface area contributed by atoms with Crippen molar-refractivity contribution >= 4 is 62.1 Å². The fraction of sp³-hybridized carbons (Fsp3) is 0.0588. The van der Waals surface area contributed by atoms with Gasteiger partial charge in [0.15, 0.2) is 0 Å². The van der Waals surface area contributed by atoms with Crippen LogP contribution in [0.1, 0.15) is 22.3 Å². The Bertz CT molecular complexity index is 3200. The minimum Gasteiger partial charge on any atom is -0.309 e.